The van der Waals surface area contributed by atoms with Crippen molar-refractivity contribution in [3.05, 3.63) is 59.2 Å². The van der Waals surface area contributed by atoms with Gasteiger partial charge in [0.05, 0.1) is 15.4 Å². The summed E-state index contributed by atoms with van der Waals surface area (Å²) in [6.45, 7) is 0.829. The average molecular weight is 436 g/mol. The maximum atomic E-state index is 13.0. The fourth-order valence-corrected chi connectivity index (χ4v) is 4.58. The van der Waals surface area contributed by atoms with Gasteiger partial charge in [0.15, 0.2) is 0 Å². The molecule has 2 rings (SSSR count). The van der Waals surface area contributed by atoms with Crippen molar-refractivity contribution in [2.24, 2.45) is 0 Å². The number of alkyl halides is 3. The van der Waals surface area contributed by atoms with Crippen LogP contribution in [0.25, 0.3) is 0 Å². The third-order valence-corrected chi connectivity index (χ3v) is 7.32. The lowest BCUT2D eigenvalue weighted by molar-refractivity contribution is -0.138. The first kappa shape index (κ1) is 22.3. The van der Waals surface area contributed by atoms with Crippen molar-refractivity contribution in [3.8, 4) is 0 Å². The van der Waals surface area contributed by atoms with E-state index in [9.17, 15) is 30.0 Å². The number of benzene rings is 2. The quantitative estimate of drug-likeness (QED) is 0.755. The van der Waals surface area contributed by atoms with Gasteiger partial charge in [0, 0.05) is 20.6 Å². The zero-order valence-corrected chi connectivity index (χ0v) is 16.9. The standard InChI is InChI=1S/C17H19F3N2O4S2/c1-12-8-9-14(10-15(12)17(18,19)20)27(23,24)21-11-13-6-4-5-7-16(13)28(25,26)22(2)3/h4-10,21H,11H2,1-3H3. The van der Waals surface area contributed by atoms with Gasteiger partial charge in [-0.3, -0.25) is 0 Å². The Morgan fingerprint density at radius 3 is 2.18 bits per heavy atom. The van der Waals surface area contributed by atoms with Crippen LogP contribution in [0.15, 0.2) is 52.3 Å². The molecular formula is C17H19F3N2O4S2. The molecule has 0 aliphatic heterocycles. The lowest BCUT2D eigenvalue weighted by Crippen LogP contribution is -2.27. The zero-order chi connectivity index (χ0) is 21.3. The third kappa shape index (κ3) is 4.72. The molecule has 0 amide bonds. The van der Waals surface area contributed by atoms with Crippen molar-refractivity contribution in [1.29, 1.82) is 0 Å². The summed E-state index contributed by atoms with van der Waals surface area (Å²) in [7, 11) is -5.45. The molecule has 6 nitrogen and oxygen atoms in total. The molecule has 0 spiro atoms. The topological polar surface area (TPSA) is 83.5 Å². The minimum atomic E-state index is -4.69. The molecule has 0 saturated carbocycles. The molecule has 1 N–H and O–H groups in total. The van der Waals surface area contributed by atoms with Crippen LogP contribution in [0.4, 0.5) is 13.2 Å². The van der Waals surface area contributed by atoms with E-state index in [4.69, 9.17) is 0 Å². The van der Waals surface area contributed by atoms with Gasteiger partial charge in [0.25, 0.3) is 0 Å². The number of halogens is 3. The summed E-state index contributed by atoms with van der Waals surface area (Å²) in [6.07, 6.45) is -4.69. The fourth-order valence-electron chi connectivity index (χ4n) is 2.43. The molecule has 11 heteroatoms. The minimum absolute atomic E-state index is 0.0948. The molecule has 0 aliphatic carbocycles. The molecule has 0 saturated heterocycles. The first-order valence-corrected chi connectivity index (χ1v) is 10.9. The molecule has 0 radical (unpaired) electrons. The van der Waals surface area contributed by atoms with E-state index < -0.39 is 43.2 Å². The van der Waals surface area contributed by atoms with Crippen LogP contribution in [0, 0.1) is 6.92 Å². The highest BCUT2D eigenvalue weighted by atomic mass is 32.2. The summed E-state index contributed by atoms with van der Waals surface area (Å²) in [5.74, 6) is 0. The van der Waals surface area contributed by atoms with Crippen molar-refractivity contribution < 1.29 is 30.0 Å². The minimum Gasteiger partial charge on any atom is -0.207 e. The summed E-state index contributed by atoms with van der Waals surface area (Å²) in [5.41, 5.74) is -0.984. The van der Waals surface area contributed by atoms with Gasteiger partial charge in [-0.1, -0.05) is 24.3 Å². The number of rotatable bonds is 6. The second kappa shape index (κ2) is 7.82. The maximum absolute atomic E-state index is 13.0. The average Bonchev–Trinajstić information content (AvgIpc) is 2.59. The summed E-state index contributed by atoms with van der Waals surface area (Å²) in [5, 5.41) is 0. The van der Waals surface area contributed by atoms with Gasteiger partial charge in [-0.05, 0) is 36.2 Å². The molecule has 0 aromatic heterocycles. The molecule has 0 atom stereocenters. The summed E-state index contributed by atoms with van der Waals surface area (Å²) < 4.78 is 91.9. The number of sulfonamides is 2. The van der Waals surface area contributed by atoms with E-state index in [1.165, 1.54) is 45.3 Å². The van der Waals surface area contributed by atoms with Crippen molar-refractivity contribution in [2.45, 2.75) is 29.4 Å². The molecule has 0 unspecified atom stereocenters. The second-order valence-corrected chi connectivity index (χ2v) is 10.1. The van der Waals surface area contributed by atoms with Crippen LogP contribution in [-0.2, 0) is 32.8 Å². The molecule has 0 heterocycles. The van der Waals surface area contributed by atoms with E-state index in [-0.39, 0.29) is 16.0 Å². The molecule has 154 valence electrons. The Kier molecular flexibility index (Phi) is 6.24. The van der Waals surface area contributed by atoms with Crippen molar-refractivity contribution >= 4 is 20.0 Å². The number of hydrogen-bond donors (Lipinski definition) is 1. The summed E-state index contributed by atoms with van der Waals surface area (Å²) in [6, 6.07) is 8.47. The van der Waals surface area contributed by atoms with E-state index in [0.717, 1.165) is 16.4 Å². The maximum Gasteiger partial charge on any atom is 0.416 e. The Labute approximate surface area is 162 Å². The van der Waals surface area contributed by atoms with Gasteiger partial charge in [0.1, 0.15) is 0 Å². The van der Waals surface area contributed by atoms with Crippen LogP contribution in [-0.4, -0.2) is 35.2 Å². The number of aryl methyl sites for hydroxylation is 1. The van der Waals surface area contributed by atoms with Crippen LogP contribution >= 0.6 is 0 Å². The highest BCUT2D eigenvalue weighted by Crippen LogP contribution is 2.33. The zero-order valence-electron chi connectivity index (χ0n) is 15.3. The van der Waals surface area contributed by atoms with Gasteiger partial charge in [-0.25, -0.2) is 25.9 Å². The van der Waals surface area contributed by atoms with E-state index in [2.05, 4.69) is 4.72 Å². The summed E-state index contributed by atoms with van der Waals surface area (Å²) >= 11 is 0. The first-order valence-electron chi connectivity index (χ1n) is 7.95. The normalized spacial score (nSPS) is 13.1. The summed E-state index contributed by atoms with van der Waals surface area (Å²) in [4.78, 5) is -0.652. The Hall–Kier alpha value is -1.95. The Morgan fingerprint density at radius 1 is 1.00 bits per heavy atom. The van der Waals surface area contributed by atoms with Gasteiger partial charge < -0.3 is 0 Å². The molecule has 28 heavy (non-hydrogen) atoms. The van der Waals surface area contributed by atoms with E-state index >= 15 is 0 Å². The monoisotopic (exact) mass is 436 g/mol. The van der Waals surface area contributed by atoms with Gasteiger partial charge in [-0.2, -0.15) is 13.2 Å². The van der Waals surface area contributed by atoms with Crippen molar-refractivity contribution in [1.82, 2.24) is 9.03 Å². The number of nitrogens with zero attached hydrogens (tertiary/aromatic N) is 1. The predicted molar refractivity (Wildman–Crippen MR) is 97.5 cm³/mol. The SMILES string of the molecule is Cc1ccc(S(=O)(=O)NCc2ccccc2S(=O)(=O)N(C)C)cc1C(F)(F)F. The van der Waals surface area contributed by atoms with Gasteiger partial charge >= 0.3 is 6.18 Å². The Morgan fingerprint density at radius 2 is 1.61 bits per heavy atom. The van der Waals surface area contributed by atoms with Crippen LogP contribution in [0.2, 0.25) is 0 Å². The Balaban J connectivity index is 2.36. The van der Waals surface area contributed by atoms with E-state index in [1.54, 1.807) is 0 Å². The smallest absolute Gasteiger partial charge is 0.207 e. The number of hydrogen-bond acceptors (Lipinski definition) is 4. The highest BCUT2D eigenvalue weighted by Gasteiger charge is 2.33. The molecule has 2 aromatic carbocycles. The van der Waals surface area contributed by atoms with E-state index in [0.29, 0.717) is 6.07 Å². The van der Waals surface area contributed by atoms with Crippen LogP contribution in [0.3, 0.4) is 0 Å². The van der Waals surface area contributed by atoms with E-state index in [1.807, 2.05) is 0 Å². The van der Waals surface area contributed by atoms with Crippen LogP contribution < -0.4 is 4.72 Å². The Bertz CT molecular complexity index is 1080. The second-order valence-electron chi connectivity index (χ2n) is 6.19. The van der Waals surface area contributed by atoms with Gasteiger partial charge in [-0.15, -0.1) is 0 Å². The van der Waals surface area contributed by atoms with Gasteiger partial charge in [0.2, 0.25) is 20.0 Å². The van der Waals surface area contributed by atoms with Crippen LogP contribution in [0.5, 0.6) is 0 Å². The van der Waals surface area contributed by atoms with Crippen molar-refractivity contribution in [3.63, 3.8) is 0 Å². The number of nitrogens with one attached hydrogen (secondary N) is 1. The highest BCUT2D eigenvalue weighted by molar-refractivity contribution is 7.89. The molecule has 2 aromatic rings. The largest absolute Gasteiger partial charge is 0.416 e. The fraction of sp³-hybridized carbons (Fsp3) is 0.294. The van der Waals surface area contributed by atoms with Crippen LogP contribution in [0.1, 0.15) is 16.7 Å². The predicted octanol–water partition coefficient (Wildman–Crippen LogP) is 2.74. The lowest BCUT2D eigenvalue weighted by atomic mass is 10.1. The lowest BCUT2D eigenvalue weighted by Gasteiger charge is -2.16. The molecular weight excluding hydrogens is 417 g/mol. The van der Waals surface area contributed by atoms with Crippen molar-refractivity contribution in [2.75, 3.05) is 14.1 Å². The third-order valence-electron chi connectivity index (χ3n) is 4.01. The molecule has 0 bridgehead atoms. The molecule has 0 fully saturated rings. The first-order chi connectivity index (χ1) is 12.8. The molecule has 0 aliphatic rings.